The lowest BCUT2D eigenvalue weighted by atomic mass is 10.2. The topological polar surface area (TPSA) is 99.7 Å². The zero-order valence-corrected chi connectivity index (χ0v) is 16.9. The minimum Gasteiger partial charge on any atom is -0.454 e. The Bertz CT molecular complexity index is 1220. The third-order valence-electron chi connectivity index (χ3n) is 4.87. The number of Topliss-reactive ketones (excluding diaryl/α,β-unsaturated/α-hetero) is 1. The van der Waals surface area contributed by atoms with E-state index in [1.165, 1.54) is 6.08 Å². The molecule has 31 heavy (non-hydrogen) atoms. The number of oxazole rings is 1. The summed E-state index contributed by atoms with van der Waals surface area (Å²) in [6.07, 6.45) is 2.49. The van der Waals surface area contributed by atoms with Crippen LogP contribution in [0.25, 0.3) is 17.2 Å². The van der Waals surface area contributed by atoms with Crippen LogP contribution in [0.5, 0.6) is 0 Å². The first kappa shape index (κ1) is 19.9. The van der Waals surface area contributed by atoms with Gasteiger partial charge in [-0.05, 0) is 24.3 Å². The Morgan fingerprint density at radius 2 is 1.74 bits per heavy atom. The van der Waals surface area contributed by atoms with Crippen molar-refractivity contribution in [3.8, 4) is 6.07 Å². The van der Waals surface area contributed by atoms with Crippen LogP contribution in [0.3, 0.4) is 0 Å². The van der Waals surface area contributed by atoms with Gasteiger partial charge in [0, 0.05) is 26.2 Å². The molecule has 8 nitrogen and oxygen atoms in total. The highest BCUT2D eigenvalue weighted by atomic mass is 16.5. The Labute approximate surface area is 178 Å². The Morgan fingerprint density at radius 3 is 2.39 bits per heavy atom. The normalized spacial score (nSPS) is 12.9. The van der Waals surface area contributed by atoms with Crippen molar-refractivity contribution in [2.45, 2.75) is 0 Å². The van der Waals surface area contributed by atoms with Crippen LogP contribution < -0.4 is 9.80 Å². The highest BCUT2D eigenvalue weighted by Crippen LogP contribution is 2.40. The smallest absolute Gasteiger partial charge is 0.331 e. The molecule has 1 aromatic heterocycles. The monoisotopic (exact) mass is 414 g/mol. The number of anilines is 2. The third-order valence-corrected chi connectivity index (χ3v) is 4.87. The maximum absolute atomic E-state index is 12.6. The molecule has 0 bridgehead atoms. The van der Waals surface area contributed by atoms with E-state index in [1.54, 1.807) is 36.0 Å². The Hall–Kier alpha value is -4.38. The summed E-state index contributed by atoms with van der Waals surface area (Å²) < 4.78 is 10.5. The molecule has 2 aromatic carbocycles. The number of benzene rings is 2. The van der Waals surface area contributed by atoms with Gasteiger partial charge in [-0.1, -0.05) is 24.3 Å². The second-order valence-corrected chi connectivity index (χ2v) is 6.80. The number of ketones is 1. The van der Waals surface area contributed by atoms with Crippen LogP contribution in [0, 0.1) is 11.3 Å². The summed E-state index contributed by atoms with van der Waals surface area (Å²) in [7, 11) is 3.55. The number of aromatic nitrogens is 1. The van der Waals surface area contributed by atoms with E-state index in [1.807, 2.05) is 42.5 Å². The second-order valence-electron chi connectivity index (χ2n) is 6.80. The summed E-state index contributed by atoms with van der Waals surface area (Å²) in [6.45, 7) is -0.554. The van der Waals surface area contributed by atoms with E-state index in [4.69, 9.17) is 9.15 Å². The number of hydrogen-bond donors (Lipinski definition) is 0. The van der Waals surface area contributed by atoms with E-state index in [0.717, 1.165) is 17.5 Å². The van der Waals surface area contributed by atoms with Gasteiger partial charge in [0.25, 0.3) is 0 Å². The molecule has 0 radical (unpaired) electrons. The van der Waals surface area contributed by atoms with Gasteiger partial charge < -0.3 is 19.0 Å². The number of carbonyl (C=O) groups is 2. The fraction of sp³-hybridized carbons (Fsp3) is 0.130. The molecule has 0 fully saturated rings. The van der Waals surface area contributed by atoms with Crippen molar-refractivity contribution in [3.63, 3.8) is 0 Å². The largest absolute Gasteiger partial charge is 0.454 e. The summed E-state index contributed by atoms with van der Waals surface area (Å²) in [4.78, 5) is 32.4. The molecule has 4 rings (SSSR count). The first-order chi connectivity index (χ1) is 15.0. The van der Waals surface area contributed by atoms with Crippen LogP contribution in [-0.4, -0.2) is 37.4 Å². The molecule has 1 aliphatic heterocycles. The summed E-state index contributed by atoms with van der Waals surface area (Å²) in [6, 6.07) is 16.7. The molecule has 0 saturated heterocycles. The number of hydrogen-bond acceptors (Lipinski definition) is 8. The molecule has 1 aliphatic rings. The van der Waals surface area contributed by atoms with Gasteiger partial charge in [-0.15, -0.1) is 0 Å². The molecule has 0 N–H and O–H groups in total. The van der Waals surface area contributed by atoms with E-state index < -0.39 is 18.4 Å². The molecule has 0 spiro atoms. The Balaban J connectivity index is 1.44. The zero-order valence-electron chi connectivity index (χ0n) is 16.9. The van der Waals surface area contributed by atoms with Crippen molar-refractivity contribution in [3.05, 3.63) is 71.9 Å². The highest BCUT2D eigenvalue weighted by molar-refractivity contribution is 6.04. The van der Waals surface area contributed by atoms with Gasteiger partial charge in [0.15, 0.2) is 12.2 Å². The van der Waals surface area contributed by atoms with Crippen molar-refractivity contribution in [2.75, 3.05) is 30.5 Å². The number of carbonyl (C=O) groups excluding carboxylic acids is 2. The molecule has 0 atom stereocenters. The van der Waals surface area contributed by atoms with E-state index in [9.17, 15) is 14.9 Å². The molecular formula is C23H18N4O4. The molecular weight excluding hydrogens is 396 g/mol. The van der Waals surface area contributed by atoms with Crippen molar-refractivity contribution in [1.82, 2.24) is 4.98 Å². The summed E-state index contributed by atoms with van der Waals surface area (Å²) in [5.41, 5.74) is 2.93. The zero-order chi connectivity index (χ0) is 22.0. The van der Waals surface area contributed by atoms with Gasteiger partial charge in [0.2, 0.25) is 11.7 Å². The summed E-state index contributed by atoms with van der Waals surface area (Å²) >= 11 is 0. The van der Waals surface area contributed by atoms with Crippen molar-refractivity contribution < 1.29 is 18.7 Å². The quantitative estimate of drug-likeness (QED) is 0.356. The van der Waals surface area contributed by atoms with Crippen molar-refractivity contribution >= 4 is 40.3 Å². The predicted molar refractivity (Wildman–Crippen MR) is 115 cm³/mol. The minimum atomic E-state index is -0.741. The average molecular weight is 414 g/mol. The SMILES string of the molecule is CN1C(=C(C#N)C(=O)COC(=O)/C=C/c2nc3ccccc3o2)N(C)c2ccccc21. The number of rotatable bonds is 5. The first-order valence-corrected chi connectivity index (χ1v) is 9.44. The van der Waals surface area contributed by atoms with Gasteiger partial charge in [-0.2, -0.15) is 5.26 Å². The van der Waals surface area contributed by atoms with Crippen LogP contribution in [-0.2, 0) is 14.3 Å². The second kappa shape index (κ2) is 8.16. The number of ether oxygens (including phenoxy) is 1. The molecule has 154 valence electrons. The lowest BCUT2D eigenvalue weighted by Crippen LogP contribution is -2.27. The number of nitrogens with zero attached hydrogens (tertiary/aromatic N) is 4. The molecule has 2 heterocycles. The summed E-state index contributed by atoms with van der Waals surface area (Å²) in [5, 5.41) is 9.60. The number of nitriles is 1. The Kier molecular flexibility index (Phi) is 5.24. The minimum absolute atomic E-state index is 0.0862. The molecule has 0 saturated carbocycles. The van der Waals surface area contributed by atoms with Crippen LogP contribution >= 0.6 is 0 Å². The van der Waals surface area contributed by atoms with Crippen LogP contribution in [0.4, 0.5) is 11.4 Å². The highest BCUT2D eigenvalue weighted by Gasteiger charge is 2.31. The number of fused-ring (bicyclic) bond motifs is 2. The van der Waals surface area contributed by atoms with E-state index in [2.05, 4.69) is 4.98 Å². The number of para-hydroxylation sites is 4. The molecule has 3 aromatic rings. The van der Waals surface area contributed by atoms with Gasteiger partial charge >= 0.3 is 5.97 Å². The summed E-state index contributed by atoms with van der Waals surface area (Å²) in [5.74, 6) is -0.648. The van der Waals surface area contributed by atoms with Crippen LogP contribution in [0.2, 0.25) is 0 Å². The van der Waals surface area contributed by atoms with Gasteiger partial charge in [0.1, 0.15) is 23.0 Å². The molecule has 8 heteroatoms. The van der Waals surface area contributed by atoms with E-state index in [-0.39, 0.29) is 11.5 Å². The maximum Gasteiger partial charge on any atom is 0.331 e. The lowest BCUT2D eigenvalue weighted by molar-refractivity contribution is -0.141. The lowest BCUT2D eigenvalue weighted by Gasteiger charge is -2.19. The van der Waals surface area contributed by atoms with Crippen LogP contribution in [0.15, 0.2) is 70.4 Å². The fourth-order valence-corrected chi connectivity index (χ4v) is 3.41. The fourth-order valence-electron chi connectivity index (χ4n) is 3.41. The first-order valence-electron chi connectivity index (χ1n) is 9.44. The van der Waals surface area contributed by atoms with Crippen molar-refractivity contribution in [1.29, 1.82) is 5.26 Å². The van der Waals surface area contributed by atoms with Gasteiger partial charge in [-0.3, -0.25) is 4.79 Å². The van der Waals surface area contributed by atoms with Gasteiger partial charge in [0.05, 0.1) is 11.4 Å². The molecule has 0 aliphatic carbocycles. The van der Waals surface area contributed by atoms with E-state index >= 15 is 0 Å². The maximum atomic E-state index is 12.6. The standard InChI is InChI=1S/C23H18N4O4/c1-26-17-8-4-5-9-18(17)27(2)23(26)15(13-24)19(28)14-30-22(29)12-11-21-25-16-7-3-6-10-20(16)31-21/h3-12H,14H2,1-2H3/b12-11+. The van der Waals surface area contributed by atoms with Crippen molar-refractivity contribution in [2.24, 2.45) is 0 Å². The molecule has 0 amide bonds. The van der Waals surface area contributed by atoms with Crippen LogP contribution in [0.1, 0.15) is 5.89 Å². The average Bonchev–Trinajstić information content (AvgIpc) is 3.31. The van der Waals surface area contributed by atoms with Gasteiger partial charge in [-0.25, -0.2) is 9.78 Å². The Morgan fingerprint density at radius 1 is 1.10 bits per heavy atom. The van der Waals surface area contributed by atoms with E-state index in [0.29, 0.717) is 16.9 Å². The number of esters is 1. The third kappa shape index (κ3) is 3.76. The predicted octanol–water partition coefficient (Wildman–Crippen LogP) is 3.27. The molecule has 0 unspecified atom stereocenters.